The van der Waals surface area contributed by atoms with Gasteiger partial charge in [0, 0.05) is 23.6 Å². The summed E-state index contributed by atoms with van der Waals surface area (Å²) in [5.41, 5.74) is -1.62. The second-order valence-electron chi connectivity index (χ2n) is 9.76. The van der Waals surface area contributed by atoms with Crippen LogP contribution in [0.15, 0.2) is 47.0 Å². The van der Waals surface area contributed by atoms with E-state index in [2.05, 4.69) is 15.7 Å². The number of ether oxygens (including phenoxy) is 2. The van der Waals surface area contributed by atoms with Gasteiger partial charge in [-0.1, -0.05) is 24.3 Å². The molecule has 2 amide bonds. The van der Waals surface area contributed by atoms with Gasteiger partial charge in [-0.2, -0.15) is 5.26 Å². The van der Waals surface area contributed by atoms with Crippen LogP contribution in [0.5, 0.6) is 5.88 Å². The van der Waals surface area contributed by atoms with Gasteiger partial charge in [-0.3, -0.25) is 9.59 Å². The first-order chi connectivity index (χ1) is 17.7. The predicted octanol–water partition coefficient (Wildman–Crippen LogP) is 2.26. The van der Waals surface area contributed by atoms with Crippen molar-refractivity contribution < 1.29 is 38.6 Å². The molecule has 11 heteroatoms. The average Bonchev–Trinajstić information content (AvgIpc) is 3.58. The van der Waals surface area contributed by atoms with Crippen molar-refractivity contribution in [2.75, 3.05) is 11.5 Å². The molecule has 3 saturated heterocycles. The lowest BCUT2D eigenvalue weighted by Gasteiger charge is -2.33. The number of carbonyl (C=O) groups excluding carboxylic acids is 2. The molecule has 4 heterocycles. The van der Waals surface area contributed by atoms with Crippen molar-refractivity contribution in [2.24, 2.45) is 11.8 Å². The highest BCUT2D eigenvalue weighted by Gasteiger charge is 2.77. The van der Waals surface area contributed by atoms with Crippen LogP contribution in [-0.4, -0.2) is 57.1 Å². The van der Waals surface area contributed by atoms with Gasteiger partial charge < -0.3 is 24.2 Å². The summed E-state index contributed by atoms with van der Waals surface area (Å²) in [5.74, 6) is -4.35. The first-order valence-electron chi connectivity index (χ1n) is 11.7. The second-order valence-corrected chi connectivity index (χ2v) is 9.76. The van der Waals surface area contributed by atoms with Crippen LogP contribution < -0.4 is 9.64 Å². The van der Waals surface area contributed by atoms with Crippen LogP contribution >= 0.6 is 0 Å². The lowest BCUT2D eigenvalue weighted by atomic mass is 9.66. The molecule has 2 bridgehead atoms. The number of nitriles is 1. The summed E-state index contributed by atoms with van der Waals surface area (Å²) >= 11 is 0. The molecular weight excluding hydrogens is 482 g/mol. The molecule has 5 atom stereocenters. The maximum absolute atomic E-state index is 13.9. The van der Waals surface area contributed by atoms with E-state index in [-0.39, 0.29) is 31.1 Å². The fourth-order valence-electron chi connectivity index (χ4n) is 6.19. The second kappa shape index (κ2) is 7.86. The van der Waals surface area contributed by atoms with E-state index >= 15 is 0 Å². The molecule has 3 aliphatic rings. The molecular formula is C26H21N3O8. The van der Waals surface area contributed by atoms with Crippen LogP contribution in [0.3, 0.4) is 0 Å². The number of benzene rings is 2. The minimum Gasteiger partial charge on any atom is -0.475 e. The van der Waals surface area contributed by atoms with Gasteiger partial charge in [0.15, 0.2) is 0 Å². The third-order valence-corrected chi connectivity index (χ3v) is 7.85. The number of imide groups is 1. The van der Waals surface area contributed by atoms with Crippen molar-refractivity contribution in [2.45, 2.75) is 37.1 Å². The number of carbonyl (C=O) groups is 3. The number of carboxylic acid groups (broad SMARTS) is 1. The summed E-state index contributed by atoms with van der Waals surface area (Å²) < 4.78 is 16.5. The van der Waals surface area contributed by atoms with Crippen molar-refractivity contribution in [3.8, 4) is 11.9 Å². The van der Waals surface area contributed by atoms with Crippen molar-refractivity contribution in [3.63, 3.8) is 0 Å². The van der Waals surface area contributed by atoms with Gasteiger partial charge in [0.05, 0.1) is 53.5 Å². The fourth-order valence-corrected chi connectivity index (χ4v) is 6.19. The topological polar surface area (TPSA) is 163 Å². The molecule has 0 radical (unpaired) electrons. The van der Waals surface area contributed by atoms with Crippen LogP contribution in [0.2, 0.25) is 0 Å². The largest absolute Gasteiger partial charge is 0.475 e. The number of nitrogens with zero attached hydrogens (tertiary/aromatic N) is 3. The Bertz CT molecular complexity index is 1530. The molecule has 0 aliphatic carbocycles. The summed E-state index contributed by atoms with van der Waals surface area (Å²) in [4.78, 5) is 39.8. The van der Waals surface area contributed by atoms with E-state index < -0.39 is 46.9 Å². The van der Waals surface area contributed by atoms with E-state index in [1.54, 1.807) is 43.3 Å². The average molecular weight is 503 g/mol. The quantitative estimate of drug-likeness (QED) is 0.477. The molecule has 1 unspecified atom stereocenters. The Morgan fingerprint density at radius 3 is 2.65 bits per heavy atom. The number of aromatic nitrogens is 1. The molecule has 11 nitrogen and oxygen atoms in total. The Balaban J connectivity index is 1.34. The van der Waals surface area contributed by atoms with E-state index in [0.717, 1.165) is 11.0 Å². The monoisotopic (exact) mass is 503 g/mol. The predicted molar refractivity (Wildman–Crippen MR) is 125 cm³/mol. The number of fused-ring (bicyclic) bond motifs is 6. The highest BCUT2D eigenvalue weighted by atomic mass is 16.6. The fraction of sp³-hybridized carbons (Fsp3) is 0.346. The standard InChI is InChI=1S/C26H21N3O8/c1-25-18(30)11-26(37-25,8-9-35-19-10-17(24(33)34)36-28-19)21-20(25)22(31)29(23(21)32)16-7-6-13(12-27)14-4-2-3-5-15(14)16/h2-7,10,18,20-21,30H,8-9,11H2,1H3,(H,33,34)/t18?,20-,21+,25-,26+/m1/s1. The third-order valence-electron chi connectivity index (χ3n) is 7.85. The molecule has 2 aromatic carbocycles. The molecule has 37 heavy (non-hydrogen) atoms. The molecule has 3 aliphatic heterocycles. The van der Waals surface area contributed by atoms with E-state index in [0.29, 0.717) is 22.0 Å². The molecule has 188 valence electrons. The van der Waals surface area contributed by atoms with Crippen LogP contribution in [0.25, 0.3) is 10.8 Å². The number of aromatic carboxylic acids is 1. The van der Waals surface area contributed by atoms with E-state index in [1.807, 2.05) is 0 Å². The minimum atomic E-state index is -1.29. The summed E-state index contributed by atoms with van der Waals surface area (Å²) in [6.07, 6.45) is -0.695. The summed E-state index contributed by atoms with van der Waals surface area (Å²) in [6, 6.07) is 13.5. The normalized spacial score (nSPS) is 30.1. The Kier molecular flexibility index (Phi) is 4.92. The smallest absolute Gasteiger partial charge is 0.374 e. The van der Waals surface area contributed by atoms with Crippen LogP contribution in [0.4, 0.5) is 5.69 Å². The highest BCUT2D eigenvalue weighted by molar-refractivity contribution is 6.26. The zero-order chi connectivity index (χ0) is 26.1. The lowest BCUT2D eigenvalue weighted by Crippen LogP contribution is -2.49. The summed E-state index contributed by atoms with van der Waals surface area (Å²) in [7, 11) is 0. The van der Waals surface area contributed by atoms with Gasteiger partial charge in [0.25, 0.3) is 5.88 Å². The Morgan fingerprint density at radius 1 is 1.22 bits per heavy atom. The summed E-state index contributed by atoms with van der Waals surface area (Å²) in [6.45, 7) is 1.63. The van der Waals surface area contributed by atoms with Crippen molar-refractivity contribution >= 4 is 34.2 Å². The molecule has 0 spiro atoms. The SMILES string of the molecule is C[C@@]12O[C@@](CCOc3cc(C(=O)O)on3)(CC1O)[C@@H]1C(=O)N(c3ccc(C#N)c4ccccc34)C(=O)[C@@H]12. The molecule has 1 aromatic heterocycles. The zero-order valence-corrected chi connectivity index (χ0v) is 19.6. The Morgan fingerprint density at radius 2 is 1.95 bits per heavy atom. The van der Waals surface area contributed by atoms with Crippen molar-refractivity contribution in [3.05, 3.63) is 53.8 Å². The number of aliphatic hydroxyl groups is 1. The number of aliphatic hydroxyl groups excluding tert-OH is 1. The van der Waals surface area contributed by atoms with Crippen LogP contribution in [0, 0.1) is 23.2 Å². The number of anilines is 1. The number of rotatable bonds is 6. The maximum atomic E-state index is 13.9. The number of hydrogen-bond acceptors (Lipinski definition) is 9. The maximum Gasteiger partial charge on any atom is 0.374 e. The van der Waals surface area contributed by atoms with E-state index in [9.17, 15) is 24.8 Å². The van der Waals surface area contributed by atoms with E-state index in [1.165, 1.54) is 0 Å². The molecule has 2 N–H and O–H groups in total. The number of hydrogen-bond donors (Lipinski definition) is 2. The Hall–Kier alpha value is -4.27. The number of carboxylic acids is 1. The van der Waals surface area contributed by atoms with Crippen LogP contribution in [0.1, 0.15) is 35.9 Å². The summed E-state index contributed by atoms with van der Waals surface area (Å²) in [5, 5.41) is 34.2. The Labute approximate surface area is 209 Å². The lowest BCUT2D eigenvalue weighted by molar-refractivity contribution is -0.134. The molecule has 6 rings (SSSR count). The molecule has 3 aromatic rings. The van der Waals surface area contributed by atoms with Gasteiger partial charge in [0.1, 0.15) is 5.60 Å². The first kappa shape index (κ1) is 23.1. The number of amides is 2. The minimum absolute atomic E-state index is 0.0150. The molecule has 0 saturated carbocycles. The van der Waals surface area contributed by atoms with Gasteiger partial charge in [-0.05, 0) is 24.2 Å². The zero-order valence-electron chi connectivity index (χ0n) is 19.6. The van der Waals surface area contributed by atoms with Crippen molar-refractivity contribution in [1.29, 1.82) is 5.26 Å². The van der Waals surface area contributed by atoms with Gasteiger partial charge in [-0.25, -0.2) is 9.69 Å². The van der Waals surface area contributed by atoms with Crippen LogP contribution in [-0.2, 0) is 14.3 Å². The van der Waals surface area contributed by atoms with E-state index in [4.69, 9.17) is 14.6 Å². The van der Waals surface area contributed by atoms with Gasteiger partial charge in [-0.15, -0.1) is 0 Å². The molecule has 3 fully saturated rings. The van der Waals surface area contributed by atoms with Gasteiger partial charge >= 0.3 is 5.97 Å². The van der Waals surface area contributed by atoms with Crippen molar-refractivity contribution in [1.82, 2.24) is 5.16 Å². The third kappa shape index (κ3) is 3.13. The van der Waals surface area contributed by atoms with Gasteiger partial charge in [0.2, 0.25) is 17.6 Å². The highest BCUT2D eigenvalue weighted by Crippen LogP contribution is 2.62. The first-order valence-corrected chi connectivity index (χ1v) is 11.7.